The van der Waals surface area contributed by atoms with Gasteiger partial charge in [0.1, 0.15) is 12.4 Å². The van der Waals surface area contributed by atoms with Gasteiger partial charge >= 0.3 is 0 Å². The van der Waals surface area contributed by atoms with Crippen LogP contribution >= 0.6 is 24.8 Å². The summed E-state index contributed by atoms with van der Waals surface area (Å²) in [5.74, 6) is 0.958. The number of nitrogens with one attached hydrogen (secondary N) is 1. The third kappa shape index (κ3) is 6.71. The molecule has 0 saturated heterocycles. The molecule has 3 aromatic rings. The van der Waals surface area contributed by atoms with Crippen LogP contribution in [0.25, 0.3) is 10.8 Å². The minimum atomic E-state index is 0. The Morgan fingerprint density at radius 1 is 0.852 bits per heavy atom. The second-order valence-corrected chi connectivity index (χ2v) is 6.52. The van der Waals surface area contributed by atoms with Crippen molar-refractivity contribution < 1.29 is 4.74 Å². The van der Waals surface area contributed by atoms with Crippen molar-refractivity contribution in [1.29, 1.82) is 0 Å². The number of likely N-dealkylation sites (N-methyl/N-ethyl adjacent to an activating group) is 1. The molecule has 0 amide bonds. The van der Waals surface area contributed by atoms with Crippen molar-refractivity contribution in [3.8, 4) is 5.75 Å². The van der Waals surface area contributed by atoms with Crippen molar-refractivity contribution in [2.24, 2.45) is 0 Å². The maximum absolute atomic E-state index is 6.16. The average Bonchev–Trinajstić information content (AvgIpc) is 2.64. The van der Waals surface area contributed by atoms with Crippen LogP contribution in [0.1, 0.15) is 11.1 Å². The van der Waals surface area contributed by atoms with E-state index in [2.05, 4.69) is 72.8 Å². The van der Waals surface area contributed by atoms with Crippen molar-refractivity contribution >= 4 is 35.6 Å². The third-order valence-electron chi connectivity index (χ3n) is 4.27. The number of hydrogen-bond donors (Lipinski definition) is 1. The quantitative estimate of drug-likeness (QED) is 0.537. The van der Waals surface area contributed by atoms with Crippen molar-refractivity contribution in [1.82, 2.24) is 10.2 Å². The minimum Gasteiger partial charge on any atom is -0.489 e. The predicted molar refractivity (Wildman–Crippen MR) is 119 cm³/mol. The number of benzene rings is 3. The van der Waals surface area contributed by atoms with Crippen LogP contribution in [-0.4, -0.2) is 32.1 Å². The van der Waals surface area contributed by atoms with Crippen molar-refractivity contribution in [3.05, 3.63) is 77.9 Å². The molecule has 0 aliphatic heterocycles. The molecule has 27 heavy (non-hydrogen) atoms. The zero-order chi connectivity index (χ0) is 17.5. The summed E-state index contributed by atoms with van der Waals surface area (Å²) in [5, 5.41) is 6.05. The standard InChI is InChI=1S/C22H26N2O.2ClH/c1-24(2)15-14-23-16-21-20-11-7-6-10-19(20)12-13-22(21)25-17-18-8-4-3-5-9-18;;/h3-13,23H,14-17H2,1-2H3;2*1H. The predicted octanol–water partition coefficient (Wildman–Crippen LogP) is 4.91. The molecule has 0 unspecified atom stereocenters. The molecule has 0 heterocycles. The number of nitrogens with zero attached hydrogens (tertiary/aromatic N) is 1. The Kier molecular flexibility index (Phi) is 10.2. The Balaban J connectivity index is 0.00000182. The van der Waals surface area contributed by atoms with E-state index in [1.54, 1.807) is 0 Å². The number of fused-ring (bicyclic) bond motifs is 1. The molecular weight excluding hydrogens is 379 g/mol. The number of halogens is 2. The Bertz CT molecular complexity index is 810. The van der Waals surface area contributed by atoms with Gasteiger partial charge in [0.25, 0.3) is 0 Å². The van der Waals surface area contributed by atoms with Crippen LogP contribution in [0.5, 0.6) is 5.75 Å². The maximum Gasteiger partial charge on any atom is 0.124 e. The monoisotopic (exact) mass is 406 g/mol. The highest BCUT2D eigenvalue weighted by molar-refractivity contribution is 5.87. The van der Waals surface area contributed by atoms with E-state index in [0.29, 0.717) is 6.61 Å². The summed E-state index contributed by atoms with van der Waals surface area (Å²) in [6, 6.07) is 23.0. The molecule has 3 nitrogen and oxygen atoms in total. The highest BCUT2D eigenvalue weighted by atomic mass is 35.5. The fourth-order valence-corrected chi connectivity index (χ4v) is 2.88. The highest BCUT2D eigenvalue weighted by Gasteiger charge is 2.09. The van der Waals surface area contributed by atoms with Crippen LogP contribution < -0.4 is 10.1 Å². The molecule has 1 N–H and O–H groups in total. The van der Waals surface area contributed by atoms with E-state index >= 15 is 0 Å². The molecule has 0 radical (unpaired) electrons. The Morgan fingerprint density at radius 3 is 2.30 bits per heavy atom. The number of hydrogen-bond acceptors (Lipinski definition) is 3. The molecule has 0 fully saturated rings. The van der Waals surface area contributed by atoms with Crippen LogP contribution in [0, 0.1) is 0 Å². The summed E-state index contributed by atoms with van der Waals surface area (Å²) in [7, 11) is 4.18. The Morgan fingerprint density at radius 2 is 1.56 bits per heavy atom. The molecular formula is C22H28Cl2N2O. The SMILES string of the molecule is CN(C)CCNCc1c(OCc2ccccc2)ccc2ccccc12.Cl.Cl. The van der Waals surface area contributed by atoms with E-state index in [1.807, 2.05) is 18.2 Å². The van der Waals surface area contributed by atoms with Crippen LogP contribution in [0.3, 0.4) is 0 Å². The lowest BCUT2D eigenvalue weighted by Crippen LogP contribution is -2.26. The van der Waals surface area contributed by atoms with E-state index in [0.717, 1.165) is 25.4 Å². The van der Waals surface area contributed by atoms with Gasteiger partial charge in [-0.1, -0.05) is 60.7 Å². The summed E-state index contributed by atoms with van der Waals surface area (Å²) in [6.45, 7) is 3.36. The summed E-state index contributed by atoms with van der Waals surface area (Å²) in [6.07, 6.45) is 0. The van der Waals surface area contributed by atoms with Crippen molar-refractivity contribution in [3.63, 3.8) is 0 Å². The molecule has 0 aliphatic rings. The molecule has 0 bridgehead atoms. The van der Waals surface area contributed by atoms with Gasteiger partial charge in [0.2, 0.25) is 0 Å². The Hall–Kier alpha value is -1.78. The topological polar surface area (TPSA) is 24.5 Å². The Labute approximate surface area is 174 Å². The third-order valence-corrected chi connectivity index (χ3v) is 4.27. The smallest absolute Gasteiger partial charge is 0.124 e. The summed E-state index contributed by atoms with van der Waals surface area (Å²) < 4.78 is 6.16. The van der Waals surface area contributed by atoms with Crippen LogP contribution in [-0.2, 0) is 13.2 Å². The first kappa shape index (κ1) is 23.3. The second-order valence-electron chi connectivity index (χ2n) is 6.52. The summed E-state index contributed by atoms with van der Waals surface area (Å²) >= 11 is 0. The lowest BCUT2D eigenvalue weighted by Gasteiger charge is -2.16. The lowest BCUT2D eigenvalue weighted by atomic mass is 10.0. The molecule has 0 atom stereocenters. The average molecular weight is 407 g/mol. The minimum absolute atomic E-state index is 0. The lowest BCUT2D eigenvalue weighted by molar-refractivity contribution is 0.302. The first-order valence-electron chi connectivity index (χ1n) is 8.77. The van der Waals surface area contributed by atoms with Crippen LogP contribution in [0.2, 0.25) is 0 Å². The van der Waals surface area contributed by atoms with Gasteiger partial charge in [0.15, 0.2) is 0 Å². The number of ether oxygens (including phenoxy) is 1. The molecule has 3 rings (SSSR count). The second kappa shape index (κ2) is 11.8. The molecule has 0 spiro atoms. The zero-order valence-corrected chi connectivity index (χ0v) is 17.5. The van der Waals surface area contributed by atoms with Crippen LogP contribution in [0.4, 0.5) is 0 Å². The van der Waals surface area contributed by atoms with E-state index in [4.69, 9.17) is 4.74 Å². The largest absolute Gasteiger partial charge is 0.489 e. The van der Waals surface area contributed by atoms with Crippen LogP contribution in [0.15, 0.2) is 66.7 Å². The number of rotatable bonds is 8. The zero-order valence-electron chi connectivity index (χ0n) is 15.9. The van der Waals surface area contributed by atoms with Gasteiger partial charge in [0.05, 0.1) is 0 Å². The highest BCUT2D eigenvalue weighted by Crippen LogP contribution is 2.28. The van der Waals surface area contributed by atoms with E-state index in [-0.39, 0.29) is 24.8 Å². The molecule has 5 heteroatoms. The molecule has 0 saturated carbocycles. The van der Waals surface area contributed by atoms with Crippen molar-refractivity contribution in [2.75, 3.05) is 27.2 Å². The van der Waals surface area contributed by atoms with Gasteiger partial charge < -0.3 is 15.0 Å². The van der Waals surface area contributed by atoms with Gasteiger partial charge in [-0.25, -0.2) is 0 Å². The first-order chi connectivity index (χ1) is 12.2. The first-order valence-corrected chi connectivity index (χ1v) is 8.77. The molecule has 146 valence electrons. The molecule has 0 aliphatic carbocycles. The maximum atomic E-state index is 6.16. The van der Waals surface area contributed by atoms with E-state index in [9.17, 15) is 0 Å². The summed E-state index contributed by atoms with van der Waals surface area (Å²) in [4.78, 5) is 2.18. The van der Waals surface area contributed by atoms with Gasteiger partial charge in [-0.15, -0.1) is 24.8 Å². The fourth-order valence-electron chi connectivity index (χ4n) is 2.88. The van der Waals surface area contributed by atoms with E-state index in [1.165, 1.54) is 21.9 Å². The molecule has 0 aromatic heterocycles. The van der Waals surface area contributed by atoms with E-state index < -0.39 is 0 Å². The van der Waals surface area contributed by atoms with Gasteiger partial charge in [-0.2, -0.15) is 0 Å². The molecule has 3 aromatic carbocycles. The van der Waals surface area contributed by atoms with Gasteiger partial charge in [-0.3, -0.25) is 0 Å². The normalized spacial score (nSPS) is 10.3. The fraction of sp³-hybridized carbons (Fsp3) is 0.273. The summed E-state index contributed by atoms with van der Waals surface area (Å²) in [5.41, 5.74) is 2.41. The van der Waals surface area contributed by atoms with Crippen molar-refractivity contribution in [2.45, 2.75) is 13.2 Å². The van der Waals surface area contributed by atoms with Gasteiger partial charge in [-0.05, 0) is 36.5 Å². The van der Waals surface area contributed by atoms with Gasteiger partial charge in [0, 0.05) is 25.2 Å².